The van der Waals surface area contributed by atoms with Crippen molar-refractivity contribution in [3.63, 3.8) is 0 Å². The maximum atomic E-state index is 13.1. The first-order chi connectivity index (χ1) is 15.0. The summed E-state index contributed by atoms with van der Waals surface area (Å²) in [5.41, 5.74) is 5.33. The second kappa shape index (κ2) is 7.59. The number of rotatable bonds is 4. The van der Waals surface area contributed by atoms with Gasteiger partial charge < -0.3 is 5.11 Å². The van der Waals surface area contributed by atoms with E-state index in [4.69, 9.17) is 0 Å². The Bertz CT molecular complexity index is 1290. The molecule has 0 spiro atoms. The normalized spacial score (nSPS) is 15.5. The first-order valence-electron chi connectivity index (χ1n) is 9.99. The molecule has 5 rings (SSSR count). The van der Waals surface area contributed by atoms with Gasteiger partial charge in [-0.2, -0.15) is 0 Å². The molecule has 0 unspecified atom stereocenters. The number of nitrogens with one attached hydrogen (secondary N) is 1. The second-order valence-corrected chi connectivity index (χ2v) is 8.47. The molecule has 2 N–H and O–H groups in total. The van der Waals surface area contributed by atoms with Crippen molar-refractivity contribution < 1.29 is 19.5 Å². The Hall–Kier alpha value is -3.58. The lowest BCUT2D eigenvalue weighted by molar-refractivity contribution is -0.125. The number of carbonyl (C=O) groups excluding carboxylic acids is 3. The Balaban J connectivity index is 1.39. The van der Waals surface area contributed by atoms with Crippen molar-refractivity contribution in [1.29, 1.82) is 0 Å². The van der Waals surface area contributed by atoms with Crippen LogP contribution in [0.25, 0.3) is 10.6 Å². The number of benzene rings is 2. The van der Waals surface area contributed by atoms with Crippen molar-refractivity contribution >= 4 is 28.9 Å². The number of amides is 2. The van der Waals surface area contributed by atoms with Gasteiger partial charge in [-0.15, -0.1) is 11.3 Å². The highest BCUT2D eigenvalue weighted by atomic mass is 32.1. The number of aromatic nitrogens is 1. The molecule has 3 aromatic rings. The van der Waals surface area contributed by atoms with E-state index in [9.17, 15) is 19.5 Å². The zero-order valence-corrected chi connectivity index (χ0v) is 17.3. The minimum Gasteiger partial charge on any atom is -0.503 e. The van der Waals surface area contributed by atoms with Gasteiger partial charge >= 0.3 is 0 Å². The summed E-state index contributed by atoms with van der Waals surface area (Å²) in [6.45, 7) is 0. The van der Waals surface area contributed by atoms with Crippen LogP contribution in [0.1, 0.15) is 39.2 Å². The Kier molecular flexibility index (Phi) is 4.75. The average Bonchev–Trinajstić information content (AvgIpc) is 3.30. The third kappa shape index (κ3) is 3.47. The fourth-order valence-electron chi connectivity index (χ4n) is 4.03. The predicted molar refractivity (Wildman–Crippen MR) is 116 cm³/mol. The molecule has 1 aliphatic carbocycles. The van der Waals surface area contributed by atoms with Crippen molar-refractivity contribution in [1.82, 2.24) is 10.3 Å². The number of hydrogen-bond acceptors (Lipinski definition) is 6. The molecule has 154 valence electrons. The first-order valence-corrected chi connectivity index (χ1v) is 10.9. The number of thiazole rings is 1. The summed E-state index contributed by atoms with van der Waals surface area (Å²) in [6, 6.07) is 13.7. The van der Waals surface area contributed by atoms with Gasteiger partial charge in [0.2, 0.25) is 0 Å². The fourth-order valence-corrected chi connectivity index (χ4v) is 4.89. The lowest BCUT2D eigenvalue weighted by Gasteiger charge is -2.07. The van der Waals surface area contributed by atoms with Crippen LogP contribution in [0.3, 0.4) is 0 Å². The SMILES string of the molecule is O=C1NC(=O)C(CCc2csc(-c3ccc4c(c3)C(=O)c3ccccc3CC4)n2)=C1O. The van der Waals surface area contributed by atoms with Gasteiger partial charge in [-0.05, 0) is 42.9 Å². The van der Waals surface area contributed by atoms with Crippen LogP contribution in [0, 0.1) is 0 Å². The second-order valence-electron chi connectivity index (χ2n) is 7.61. The van der Waals surface area contributed by atoms with Crippen molar-refractivity contribution in [2.75, 3.05) is 0 Å². The molecule has 1 aliphatic heterocycles. The number of aryl methyl sites for hydroxylation is 3. The van der Waals surface area contributed by atoms with Gasteiger partial charge in [0.1, 0.15) is 5.01 Å². The highest BCUT2D eigenvalue weighted by Crippen LogP contribution is 2.31. The first kappa shape index (κ1) is 19.4. The Morgan fingerprint density at radius 1 is 0.935 bits per heavy atom. The van der Waals surface area contributed by atoms with E-state index >= 15 is 0 Å². The minimum atomic E-state index is -0.754. The van der Waals surface area contributed by atoms with Crippen molar-refractivity contribution in [2.24, 2.45) is 0 Å². The number of carbonyl (C=O) groups is 3. The largest absolute Gasteiger partial charge is 0.503 e. The molecule has 0 bridgehead atoms. The van der Waals surface area contributed by atoms with Gasteiger partial charge in [0.05, 0.1) is 11.3 Å². The lowest BCUT2D eigenvalue weighted by atomic mass is 9.97. The van der Waals surface area contributed by atoms with E-state index in [1.54, 1.807) is 0 Å². The van der Waals surface area contributed by atoms with E-state index in [1.807, 2.05) is 47.8 Å². The van der Waals surface area contributed by atoms with Crippen LogP contribution < -0.4 is 5.32 Å². The fraction of sp³-hybridized carbons (Fsp3) is 0.167. The maximum absolute atomic E-state index is 13.1. The molecule has 0 radical (unpaired) electrons. The average molecular weight is 430 g/mol. The third-order valence-corrected chi connectivity index (χ3v) is 6.65. The molecule has 2 aliphatic rings. The molecule has 7 heteroatoms. The van der Waals surface area contributed by atoms with Crippen LogP contribution in [0.15, 0.2) is 59.2 Å². The number of hydrogen-bond donors (Lipinski definition) is 2. The van der Waals surface area contributed by atoms with Crippen LogP contribution in [-0.4, -0.2) is 27.7 Å². The summed E-state index contributed by atoms with van der Waals surface area (Å²) in [6.07, 6.45) is 2.31. The molecular weight excluding hydrogens is 412 g/mol. The molecule has 0 saturated carbocycles. The molecule has 6 nitrogen and oxygen atoms in total. The maximum Gasteiger partial charge on any atom is 0.293 e. The minimum absolute atomic E-state index is 0.0426. The van der Waals surface area contributed by atoms with Crippen LogP contribution in [0.4, 0.5) is 0 Å². The van der Waals surface area contributed by atoms with Gasteiger partial charge in [0.15, 0.2) is 11.5 Å². The smallest absolute Gasteiger partial charge is 0.293 e. The van der Waals surface area contributed by atoms with Crippen molar-refractivity contribution in [3.05, 3.63) is 87.1 Å². The zero-order valence-electron chi connectivity index (χ0n) is 16.5. The van der Waals surface area contributed by atoms with Crippen LogP contribution in [0.5, 0.6) is 0 Å². The molecule has 1 aromatic heterocycles. The van der Waals surface area contributed by atoms with Gasteiger partial charge in [0.25, 0.3) is 11.8 Å². The van der Waals surface area contributed by atoms with E-state index in [0.29, 0.717) is 6.42 Å². The Morgan fingerprint density at radius 3 is 2.48 bits per heavy atom. The van der Waals surface area contributed by atoms with Crippen LogP contribution in [0.2, 0.25) is 0 Å². The van der Waals surface area contributed by atoms with E-state index in [2.05, 4.69) is 10.3 Å². The Morgan fingerprint density at radius 2 is 1.71 bits per heavy atom. The van der Waals surface area contributed by atoms with Gasteiger partial charge in [-0.1, -0.05) is 36.4 Å². The highest BCUT2D eigenvalue weighted by molar-refractivity contribution is 7.13. The number of imide groups is 1. The van der Waals surface area contributed by atoms with E-state index in [1.165, 1.54) is 11.3 Å². The number of aliphatic hydroxyl groups excluding tert-OH is 1. The quantitative estimate of drug-likeness (QED) is 0.617. The molecule has 0 atom stereocenters. The number of fused-ring (bicyclic) bond motifs is 2. The molecule has 2 heterocycles. The van der Waals surface area contributed by atoms with Gasteiger partial charge in [-0.3, -0.25) is 19.7 Å². The van der Waals surface area contributed by atoms with Crippen molar-refractivity contribution in [3.8, 4) is 10.6 Å². The number of ketones is 1. The standard InChI is InChI=1S/C24H18N2O4S/c27-20-17-4-2-1-3-13(17)5-6-14-7-8-15(11-19(14)20)24-25-16(12-31-24)9-10-18-21(28)23(30)26-22(18)29/h1-4,7-8,11-12H,5-6,9-10H2,(H2,26,28,29,30). The van der Waals surface area contributed by atoms with Gasteiger partial charge in [-0.25, -0.2) is 4.98 Å². The molecule has 2 amide bonds. The summed E-state index contributed by atoms with van der Waals surface area (Å²) in [4.78, 5) is 40.9. The monoisotopic (exact) mass is 430 g/mol. The van der Waals surface area contributed by atoms with Crippen LogP contribution in [-0.2, 0) is 28.9 Å². The van der Waals surface area contributed by atoms with Gasteiger partial charge in [0, 0.05) is 22.1 Å². The van der Waals surface area contributed by atoms with Crippen molar-refractivity contribution in [2.45, 2.75) is 25.7 Å². The summed E-state index contributed by atoms with van der Waals surface area (Å²) in [5.74, 6) is -1.77. The molecule has 0 fully saturated rings. The molecule has 31 heavy (non-hydrogen) atoms. The Labute approximate surface area is 182 Å². The summed E-state index contributed by atoms with van der Waals surface area (Å²) in [5, 5.41) is 14.5. The van der Waals surface area contributed by atoms with E-state index in [-0.39, 0.29) is 17.8 Å². The lowest BCUT2D eigenvalue weighted by Crippen LogP contribution is -2.23. The molecular formula is C24H18N2O4S. The summed E-state index contributed by atoms with van der Waals surface area (Å²) >= 11 is 1.46. The number of aliphatic hydroxyl groups is 1. The number of nitrogens with zero attached hydrogens (tertiary/aromatic N) is 1. The van der Waals surface area contributed by atoms with E-state index < -0.39 is 17.6 Å². The van der Waals surface area contributed by atoms with Crippen LogP contribution >= 0.6 is 11.3 Å². The zero-order chi connectivity index (χ0) is 21.5. The summed E-state index contributed by atoms with van der Waals surface area (Å²) < 4.78 is 0. The third-order valence-electron chi connectivity index (χ3n) is 5.71. The molecule has 0 saturated heterocycles. The highest BCUT2D eigenvalue weighted by Gasteiger charge is 2.29. The van der Waals surface area contributed by atoms with E-state index in [0.717, 1.165) is 51.4 Å². The summed E-state index contributed by atoms with van der Waals surface area (Å²) in [7, 11) is 0. The predicted octanol–water partition coefficient (Wildman–Crippen LogP) is 3.54. The topological polar surface area (TPSA) is 96.4 Å². The molecule has 2 aromatic carbocycles.